The zero-order valence-electron chi connectivity index (χ0n) is 16.8. The molecule has 31 heavy (non-hydrogen) atoms. The Hall–Kier alpha value is -2.68. The highest BCUT2D eigenvalue weighted by Crippen LogP contribution is 2.32. The Balaban J connectivity index is 1.25. The van der Waals surface area contributed by atoms with Gasteiger partial charge < -0.3 is 0 Å². The number of rotatable bonds is 8. The molecule has 1 amide bonds. The average molecular weight is 465 g/mol. The Kier molecular flexibility index (Phi) is 7.35. The van der Waals surface area contributed by atoms with Gasteiger partial charge in [-0.25, -0.2) is 5.43 Å². The van der Waals surface area contributed by atoms with Gasteiger partial charge in [-0.2, -0.15) is 5.10 Å². The molecular weight excluding hydrogens is 444 g/mol. The van der Waals surface area contributed by atoms with Crippen LogP contribution in [0.15, 0.2) is 80.5 Å². The first-order valence-electron chi connectivity index (χ1n) is 9.62. The van der Waals surface area contributed by atoms with Crippen molar-refractivity contribution >= 4 is 57.8 Å². The number of aryl methyl sites for hydroxylation is 1. The van der Waals surface area contributed by atoms with Gasteiger partial charge in [0.25, 0.3) is 5.91 Å². The van der Waals surface area contributed by atoms with Crippen molar-refractivity contribution in [1.82, 2.24) is 15.6 Å². The molecule has 5 nitrogen and oxygen atoms in total. The number of carbonyl (C=O) groups is 1. The highest BCUT2D eigenvalue weighted by molar-refractivity contribution is 8.03. The molecule has 0 atom stereocenters. The van der Waals surface area contributed by atoms with E-state index in [0.717, 1.165) is 20.0 Å². The van der Waals surface area contributed by atoms with Crippen molar-refractivity contribution in [2.24, 2.45) is 5.10 Å². The molecule has 0 bridgehead atoms. The first-order valence-corrected chi connectivity index (χ1v) is 12.4. The minimum atomic E-state index is -0.173. The summed E-state index contributed by atoms with van der Waals surface area (Å²) in [7, 11) is 0. The summed E-state index contributed by atoms with van der Waals surface area (Å²) in [6.45, 7) is 2.03. The molecule has 0 aliphatic heterocycles. The number of hydrogen-bond acceptors (Lipinski definition) is 7. The molecule has 1 heterocycles. The molecule has 1 aromatic heterocycles. The van der Waals surface area contributed by atoms with Crippen LogP contribution in [-0.4, -0.2) is 28.1 Å². The van der Waals surface area contributed by atoms with E-state index in [1.165, 1.54) is 45.0 Å². The number of hydrogen-bond donors (Lipinski definition) is 1. The van der Waals surface area contributed by atoms with Crippen molar-refractivity contribution in [2.45, 2.75) is 21.4 Å². The first kappa shape index (κ1) is 21.5. The van der Waals surface area contributed by atoms with Crippen molar-refractivity contribution in [1.29, 1.82) is 0 Å². The molecule has 8 heteroatoms. The Morgan fingerprint density at radius 1 is 1.00 bits per heavy atom. The average Bonchev–Trinajstić information content (AvgIpc) is 3.25. The van der Waals surface area contributed by atoms with Crippen LogP contribution in [0.1, 0.15) is 16.7 Å². The predicted octanol–water partition coefficient (Wildman–Crippen LogP) is 5.53. The van der Waals surface area contributed by atoms with Gasteiger partial charge >= 0.3 is 0 Å². The van der Waals surface area contributed by atoms with Crippen molar-refractivity contribution in [2.75, 3.05) is 5.75 Å². The van der Waals surface area contributed by atoms with Crippen molar-refractivity contribution in [3.8, 4) is 0 Å². The third kappa shape index (κ3) is 6.16. The fraction of sp³-hybridized carbons (Fsp3) is 0.130. The number of amides is 1. The summed E-state index contributed by atoms with van der Waals surface area (Å²) in [6.07, 6.45) is 1.63. The highest BCUT2D eigenvalue weighted by atomic mass is 32.2. The van der Waals surface area contributed by atoms with Crippen LogP contribution < -0.4 is 5.43 Å². The smallest absolute Gasteiger partial charge is 0.250 e. The Morgan fingerprint density at radius 3 is 2.58 bits per heavy atom. The minimum Gasteiger partial charge on any atom is -0.272 e. The SMILES string of the molecule is Cc1ccc(C=NNC(=O)CSc2nnc(SCc3cccc4ccccc34)s2)cc1. The van der Waals surface area contributed by atoms with Crippen LogP contribution >= 0.6 is 34.9 Å². The van der Waals surface area contributed by atoms with Gasteiger partial charge in [0.05, 0.1) is 12.0 Å². The monoisotopic (exact) mass is 464 g/mol. The predicted molar refractivity (Wildman–Crippen MR) is 131 cm³/mol. The zero-order valence-corrected chi connectivity index (χ0v) is 19.3. The maximum absolute atomic E-state index is 12.0. The van der Waals surface area contributed by atoms with E-state index in [-0.39, 0.29) is 11.7 Å². The fourth-order valence-electron chi connectivity index (χ4n) is 2.86. The van der Waals surface area contributed by atoms with E-state index in [0.29, 0.717) is 0 Å². The highest BCUT2D eigenvalue weighted by Gasteiger charge is 2.09. The lowest BCUT2D eigenvalue weighted by Gasteiger charge is -2.04. The van der Waals surface area contributed by atoms with Crippen LogP contribution in [0, 0.1) is 6.92 Å². The number of benzene rings is 3. The molecule has 0 saturated carbocycles. The molecule has 0 spiro atoms. The van der Waals surface area contributed by atoms with Crippen LogP contribution in [0.4, 0.5) is 0 Å². The fourth-order valence-corrected chi connectivity index (χ4v) is 5.68. The molecule has 156 valence electrons. The Bertz CT molecular complexity index is 1200. The summed E-state index contributed by atoms with van der Waals surface area (Å²) >= 11 is 4.54. The normalized spacial score (nSPS) is 11.3. The van der Waals surface area contributed by atoms with Crippen LogP contribution in [-0.2, 0) is 10.5 Å². The number of carbonyl (C=O) groups excluding carboxylic acids is 1. The minimum absolute atomic E-state index is 0.173. The number of nitrogens with one attached hydrogen (secondary N) is 1. The topological polar surface area (TPSA) is 67.2 Å². The van der Waals surface area contributed by atoms with E-state index >= 15 is 0 Å². The number of aromatic nitrogens is 2. The Morgan fingerprint density at radius 2 is 1.74 bits per heavy atom. The summed E-state index contributed by atoms with van der Waals surface area (Å²) < 4.78 is 1.67. The third-order valence-electron chi connectivity index (χ3n) is 4.43. The van der Waals surface area contributed by atoms with Gasteiger partial charge in [-0.05, 0) is 28.8 Å². The number of fused-ring (bicyclic) bond motifs is 1. The van der Waals surface area contributed by atoms with Gasteiger partial charge in [0, 0.05) is 5.75 Å². The summed E-state index contributed by atoms with van der Waals surface area (Å²) in [4.78, 5) is 12.0. The van der Waals surface area contributed by atoms with E-state index in [2.05, 4.69) is 63.2 Å². The summed E-state index contributed by atoms with van der Waals surface area (Å²) in [6, 6.07) is 22.7. The van der Waals surface area contributed by atoms with E-state index in [4.69, 9.17) is 0 Å². The molecule has 1 N–H and O–H groups in total. The third-order valence-corrected chi connectivity index (χ3v) is 7.66. The Labute approximate surface area is 193 Å². The van der Waals surface area contributed by atoms with Crippen LogP contribution in [0.3, 0.4) is 0 Å². The molecular formula is C23H20N4OS3. The quantitative estimate of drug-likeness (QED) is 0.211. The summed E-state index contributed by atoms with van der Waals surface area (Å²) in [5.41, 5.74) is 5.95. The number of nitrogens with zero attached hydrogens (tertiary/aromatic N) is 3. The van der Waals surface area contributed by atoms with Gasteiger partial charge in [-0.3, -0.25) is 4.79 Å². The van der Waals surface area contributed by atoms with Gasteiger partial charge in [0.1, 0.15) is 0 Å². The van der Waals surface area contributed by atoms with E-state index in [9.17, 15) is 4.79 Å². The van der Waals surface area contributed by atoms with E-state index in [1.807, 2.05) is 31.2 Å². The summed E-state index contributed by atoms with van der Waals surface area (Å²) in [5.74, 6) is 0.899. The lowest BCUT2D eigenvalue weighted by molar-refractivity contribution is -0.118. The zero-order chi connectivity index (χ0) is 21.5. The van der Waals surface area contributed by atoms with Crippen LogP contribution in [0.5, 0.6) is 0 Å². The number of thioether (sulfide) groups is 2. The van der Waals surface area contributed by atoms with Crippen LogP contribution in [0.2, 0.25) is 0 Å². The molecule has 4 aromatic rings. The molecule has 4 rings (SSSR count). The first-order chi connectivity index (χ1) is 15.2. The van der Waals surface area contributed by atoms with Crippen molar-refractivity contribution in [3.63, 3.8) is 0 Å². The van der Waals surface area contributed by atoms with Crippen molar-refractivity contribution in [3.05, 3.63) is 83.4 Å². The molecule has 0 aliphatic carbocycles. The summed E-state index contributed by atoms with van der Waals surface area (Å²) in [5, 5.41) is 14.9. The largest absolute Gasteiger partial charge is 0.272 e. The van der Waals surface area contributed by atoms with Crippen molar-refractivity contribution < 1.29 is 4.79 Å². The molecule has 0 saturated heterocycles. The second-order valence-corrected chi connectivity index (χ2v) is 10.2. The molecule has 0 unspecified atom stereocenters. The maximum atomic E-state index is 12.0. The molecule has 0 fully saturated rings. The van der Waals surface area contributed by atoms with Gasteiger partial charge in [0.2, 0.25) is 0 Å². The standard InChI is InChI=1S/C23H20N4OS3/c1-16-9-11-17(12-10-16)13-24-25-21(28)15-30-23-27-26-22(31-23)29-14-19-7-4-6-18-5-2-3-8-20(18)19/h2-13H,14-15H2,1H3,(H,25,28). The lowest BCUT2D eigenvalue weighted by Crippen LogP contribution is -2.19. The molecule has 3 aromatic carbocycles. The van der Waals surface area contributed by atoms with E-state index < -0.39 is 0 Å². The maximum Gasteiger partial charge on any atom is 0.250 e. The molecule has 0 radical (unpaired) electrons. The van der Waals surface area contributed by atoms with Crippen LogP contribution in [0.25, 0.3) is 10.8 Å². The lowest BCUT2D eigenvalue weighted by atomic mass is 10.1. The van der Waals surface area contributed by atoms with Gasteiger partial charge in [-0.1, -0.05) is 107 Å². The second-order valence-electron chi connectivity index (χ2n) is 6.75. The molecule has 0 aliphatic rings. The van der Waals surface area contributed by atoms with Gasteiger partial charge in [0.15, 0.2) is 8.68 Å². The number of hydrazone groups is 1. The van der Waals surface area contributed by atoms with Gasteiger partial charge in [-0.15, -0.1) is 10.2 Å². The second kappa shape index (κ2) is 10.6. The van der Waals surface area contributed by atoms with E-state index in [1.54, 1.807) is 18.0 Å².